The van der Waals surface area contributed by atoms with Crippen LogP contribution in [0.4, 0.5) is 5.69 Å². The van der Waals surface area contributed by atoms with Crippen LogP contribution in [-0.2, 0) is 7.05 Å². The number of nitrogens with one attached hydrogen (secondary N) is 1. The third-order valence-corrected chi connectivity index (χ3v) is 4.15. The van der Waals surface area contributed by atoms with Crippen LogP contribution in [0.1, 0.15) is 16.8 Å². The fourth-order valence-corrected chi connectivity index (χ4v) is 2.80. The number of benzene rings is 1. The van der Waals surface area contributed by atoms with E-state index in [-0.39, 0.29) is 5.91 Å². The van der Waals surface area contributed by atoms with Crippen molar-refractivity contribution in [2.24, 2.45) is 7.05 Å². The molecular formula is C19H23N5O. The molecule has 0 radical (unpaired) electrons. The number of amides is 1. The van der Waals surface area contributed by atoms with Crippen molar-refractivity contribution in [1.29, 1.82) is 0 Å². The van der Waals surface area contributed by atoms with Gasteiger partial charge in [-0.05, 0) is 30.7 Å². The van der Waals surface area contributed by atoms with Gasteiger partial charge in [-0.1, -0.05) is 18.2 Å². The second-order valence-corrected chi connectivity index (χ2v) is 5.96. The summed E-state index contributed by atoms with van der Waals surface area (Å²) in [6.45, 7) is 1.50. The molecule has 2 heterocycles. The van der Waals surface area contributed by atoms with Gasteiger partial charge < -0.3 is 14.8 Å². The molecule has 130 valence electrons. The Kier molecular flexibility index (Phi) is 5.18. The minimum Gasteiger partial charge on any atom is -0.375 e. The topological polar surface area (TPSA) is 55.1 Å². The van der Waals surface area contributed by atoms with Gasteiger partial charge in [-0.25, -0.2) is 0 Å². The van der Waals surface area contributed by atoms with Crippen LogP contribution in [0.3, 0.4) is 0 Å². The van der Waals surface area contributed by atoms with Crippen molar-refractivity contribution in [3.63, 3.8) is 0 Å². The molecule has 1 aromatic carbocycles. The highest BCUT2D eigenvalue weighted by Gasteiger charge is 2.16. The zero-order chi connectivity index (χ0) is 17.6. The Hall–Kier alpha value is -3.02. The van der Waals surface area contributed by atoms with E-state index in [0.29, 0.717) is 12.1 Å². The maximum absolute atomic E-state index is 12.5. The number of para-hydroxylation sites is 1. The summed E-state index contributed by atoms with van der Waals surface area (Å²) in [4.78, 5) is 14.7. The van der Waals surface area contributed by atoms with Gasteiger partial charge in [0.1, 0.15) is 11.4 Å². The van der Waals surface area contributed by atoms with Crippen molar-refractivity contribution in [3.8, 4) is 5.82 Å². The summed E-state index contributed by atoms with van der Waals surface area (Å²) in [5.41, 5.74) is 1.76. The predicted octanol–water partition coefficient (Wildman–Crippen LogP) is 2.47. The van der Waals surface area contributed by atoms with E-state index in [9.17, 15) is 4.79 Å². The van der Waals surface area contributed by atoms with E-state index in [1.165, 1.54) is 5.69 Å². The monoisotopic (exact) mass is 337 g/mol. The van der Waals surface area contributed by atoms with E-state index < -0.39 is 0 Å². The van der Waals surface area contributed by atoms with Crippen molar-refractivity contribution in [1.82, 2.24) is 19.7 Å². The van der Waals surface area contributed by atoms with Crippen molar-refractivity contribution < 1.29 is 4.79 Å². The molecule has 0 unspecified atom stereocenters. The Morgan fingerprint density at radius 3 is 2.60 bits per heavy atom. The molecule has 2 aromatic heterocycles. The quantitative estimate of drug-likeness (QED) is 0.674. The smallest absolute Gasteiger partial charge is 0.256 e. The van der Waals surface area contributed by atoms with Crippen LogP contribution in [0.15, 0.2) is 61.1 Å². The van der Waals surface area contributed by atoms with Crippen molar-refractivity contribution in [3.05, 3.63) is 66.6 Å². The van der Waals surface area contributed by atoms with E-state index in [4.69, 9.17) is 0 Å². The number of hydrogen-bond acceptors (Lipinski definition) is 3. The number of rotatable bonds is 7. The molecular weight excluding hydrogens is 314 g/mol. The maximum Gasteiger partial charge on any atom is 0.256 e. The minimum absolute atomic E-state index is 0.0980. The van der Waals surface area contributed by atoms with Gasteiger partial charge in [0.15, 0.2) is 0 Å². The van der Waals surface area contributed by atoms with Crippen LogP contribution in [0.5, 0.6) is 0 Å². The number of hydrogen-bond donors (Lipinski definition) is 1. The molecule has 1 N–H and O–H groups in total. The van der Waals surface area contributed by atoms with Gasteiger partial charge in [0.05, 0.1) is 6.20 Å². The molecule has 0 aliphatic carbocycles. The first kappa shape index (κ1) is 16.8. The van der Waals surface area contributed by atoms with Gasteiger partial charge in [-0.2, -0.15) is 5.10 Å². The largest absolute Gasteiger partial charge is 0.375 e. The third kappa shape index (κ3) is 3.91. The van der Waals surface area contributed by atoms with Gasteiger partial charge in [-0.15, -0.1) is 0 Å². The van der Waals surface area contributed by atoms with Crippen LogP contribution in [0.2, 0.25) is 0 Å². The molecule has 6 heteroatoms. The molecule has 0 fully saturated rings. The number of carbonyl (C=O) groups excluding carboxylic acids is 1. The first-order valence-electron chi connectivity index (χ1n) is 8.36. The second kappa shape index (κ2) is 7.70. The summed E-state index contributed by atoms with van der Waals surface area (Å²) in [7, 11) is 3.89. The Labute approximate surface area is 147 Å². The molecule has 0 bridgehead atoms. The van der Waals surface area contributed by atoms with Crippen molar-refractivity contribution >= 4 is 11.6 Å². The van der Waals surface area contributed by atoms with Crippen LogP contribution in [0.25, 0.3) is 5.82 Å². The minimum atomic E-state index is -0.0980. The molecule has 0 saturated heterocycles. The lowest BCUT2D eigenvalue weighted by Gasteiger charge is -2.19. The average Bonchev–Trinajstić information content (AvgIpc) is 3.28. The fourth-order valence-electron chi connectivity index (χ4n) is 2.80. The first-order chi connectivity index (χ1) is 12.2. The lowest BCUT2D eigenvalue weighted by atomic mass is 10.2. The highest BCUT2D eigenvalue weighted by Crippen LogP contribution is 2.14. The normalized spacial score (nSPS) is 10.6. The van der Waals surface area contributed by atoms with E-state index in [1.54, 1.807) is 10.9 Å². The van der Waals surface area contributed by atoms with Crippen LogP contribution in [0, 0.1) is 0 Å². The molecule has 6 nitrogen and oxygen atoms in total. The van der Waals surface area contributed by atoms with Crippen molar-refractivity contribution in [2.45, 2.75) is 6.42 Å². The maximum atomic E-state index is 12.5. The van der Waals surface area contributed by atoms with Crippen LogP contribution < -0.4 is 10.2 Å². The summed E-state index contributed by atoms with van der Waals surface area (Å²) in [5, 5.41) is 7.21. The molecule has 25 heavy (non-hydrogen) atoms. The van der Waals surface area contributed by atoms with E-state index in [0.717, 1.165) is 18.8 Å². The Morgan fingerprint density at radius 2 is 1.88 bits per heavy atom. The summed E-state index contributed by atoms with van der Waals surface area (Å²) < 4.78 is 3.60. The van der Waals surface area contributed by atoms with Gasteiger partial charge in [-0.3, -0.25) is 9.48 Å². The Balaban J connectivity index is 1.54. The average molecular weight is 337 g/mol. The zero-order valence-electron chi connectivity index (χ0n) is 14.6. The van der Waals surface area contributed by atoms with E-state index >= 15 is 0 Å². The number of aryl methyl sites for hydroxylation is 1. The summed E-state index contributed by atoms with van der Waals surface area (Å²) in [6.07, 6.45) is 6.29. The van der Waals surface area contributed by atoms with Gasteiger partial charge >= 0.3 is 0 Å². The van der Waals surface area contributed by atoms with E-state index in [1.807, 2.05) is 54.3 Å². The molecule has 0 atom stereocenters. The Bertz CT molecular complexity index is 808. The highest BCUT2D eigenvalue weighted by atomic mass is 16.1. The molecule has 0 aliphatic heterocycles. The summed E-state index contributed by atoms with van der Waals surface area (Å²) in [5.74, 6) is 0.670. The standard InChI is InChI=1S/C19H23N5O/c1-22(16-9-4-3-5-10-16)12-8-11-20-18(25)17-15-21-23(2)19(17)24-13-6-7-14-24/h3-7,9-10,13-15H,8,11-12H2,1-2H3,(H,20,25). The van der Waals surface area contributed by atoms with Crippen LogP contribution >= 0.6 is 0 Å². The fraction of sp³-hybridized carbons (Fsp3) is 0.263. The molecule has 0 aliphatic rings. The lowest BCUT2D eigenvalue weighted by molar-refractivity contribution is 0.0953. The number of anilines is 1. The third-order valence-electron chi connectivity index (χ3n) is 4.15. The zero-order valence-corrected chi connectivity index (χ0v) is 14.6. The second-order valence-electron chi connectivity index (χ2n) is 5.96. The first-order valence-corrected chi connectivity index (χ1v) is 8.36. The van der Waals surface area contributed by atoms with Gasteiger partial charge in [0.25, 0.3) is 5.91 Å². The highest BCUT2D eigenvalue weighted by molar-refractivity contribution is 5.97. The van der Waals surface area contributed by atoms with Gasteiger partial charge in [0, 0.05) is 45.3 Å². The molecule has 3 rings (SSSR count). The van der Waals surface area contributed by atoms with Crippen molar-refractivity contribution in [2.75, 3.05) is 25.0 Å². The Morgan fingerprint density at radius 1 is 1.16 bits per heavy atom. The lowest BCUT2D eigenvalue weighted by Crippen LogP contribution is -2.28. The number of carbonyl (C=O) groups is 1. The predicted molar refractivity (Wildman–Crippen MR) is 99.2 cm³/mol. The van der Waals surface area contributed by atoms with E-state index in [2.05, 4.69) is 34.5 Å². The SMILES string of the molecule is CN(CCCNC(=O)c1cnn(C)c1-n1cccc1)c1ccccc1. The molecule has 3 aromatic rings. The molecule has 1 amide bonds. The summed E-state index contributed by atoms with van der Waals surface area (Å²) >= 11 is 0. The molecule has 0 spiro atoms. The number of nitrogens with zero attached hydrogens (tertiary/aromatic N) is 4. The van der Waals surface area contributed by atoms with Gasteiger partial charge in [0.2, 0.25) is 0 Å². The molecule has 0 saturated carbocycles. The summed E-state index contributed by atoms with van der Waals surface area (Å²) in [6, 6.07) is 14.1. The number of aromatic nitrogens is 3. The van der Waals surface area contributed by atoms with Crippen LogP contribution in [-0.4, -0.2) is 40.4 Å².